The van der Waals surface area contributed by atoms with E-state index in [9.17, 15) is 8.42 Å². The van der Waals surface area contributed by atoms with Crippen LogP contribution in [0.4, 0.5) is 0 Å². The van der Waals surface area contributed by atoms with Gasteiger partial charge in [0.15, 0.2) is 0 Å². The predicted molar refractivity (Wildman–Crippen MR) is 84.5 cm³/mol. The maximum Gasteiger partial charge on any atom is 0.241 e. The number of sulfonamides is 1. The minimum absolute atomic E-state index is 0.195. The predicted octanol–water partition coefficient (Wildman–Crippen LogP) is 2.59. The number of nitrogens with two attached hydrogens (primary N) is 1. The molecule has 0 heterocycles. The van der Waals surface area contributed by atoms with E-state index in [0.717, 1.165) is 11.1 Å². The monoisotopic (exact) mass is 324 g/mol. The minimum atomic E-state index is -3.61. The van der Waals surface area contributed by atoms with Crippen molar-refractivity contribution < 1.29 is 8.42 Å². The SMILES string of the molecule is Cc1ccc(Cl)cc1S(=O)(=O)NCc1ccccc1CN. The normalized spacial score (nSPS) is 11.6. The van der Waals surface area contributed by atoms with E-state index in [-0.39, 0.29) is 11.4 Å². The number of hydrogen-bond donors (Lipinski definition) is 2. The van der Waals surface area contributed by atoms with Crippen molar-refractivity contribution in [2.75, 3.05) is 0 Å². The average molecular weight is 325 g/mol. The summed E-state index contributed by atoms with van der Waals surface area (Å²) in [5, 5.41) is 0.392. The molecular formula is C15H17ClN2O2S. The van der Waals surface area contributed by atoms with Crippen molar-refractivity contribution in [3.8, 4) is 0 Å². The highest BCUT2D eigenvalue weighted by molar-refractivity contribution is 7.89. The van der Waals surface area contributed by atoms with E-state index in [4.69, 9.17) is 17.3 Å². The smallest absolute Gasteiger partial charge is 0.241 e. The topological polar surface area (TPSA) is 72.2 Å². The molecule has 6 heteroatoms. The molecular weight excluding hydrogens is 308 g/mol. The van der Waals surface area contributed by atoms with E-state index in [0.29, 0.717) is 17.1 Å². The van der Waals surface area contributed by atoms with Gasteiger partial charge in [-0.2, -0.15) is 0 Å². The van der Waals surface area contributed by atoms with E-state index < -0.39 is 10.0 Å². The van der Waals surface area contributed by atoms with Crippen LogP contribution in [0, 0.1) is 6.92 Å². The Kier molecular flexibility index (Phi) is 5.00. The molecule has 0 bridgehead atoms. The molecule has 0 atom stereocenters. The fraction of sp³-hybridized carbons (Fsp3) is 0.200. The summed E-state index contributed by atoms with van der Waals surface area (Å²) in [7, 11) is -3.61. The summed E-state index contributed by atoms with van der Waals surface area (Å²) >= 11 is 5.88. The first kappa shape index (κ1) is 16.0. The van der Waals surface area contributed by atoms with Crippen molar-refractivity contribution in [3.05, 3.63) is 64.2 Å². The molecule has 0 fully saturated rings. The van der Waals surface area contributed by atoms with E-state index in [1.54, 1.807) is 19.1 Å². The van der Waals surface area contributed by atoms with Crippen molar-refractivity contribution in [3.63, 3.8) is 0 Å². The number of halogens is 1. The highest BCUT2D eigenvalue weighted by Crippen LogP contribution is 2.20. The molecule has 4 nitrogen and oxygen atoms in total. The van der Waals surface area contributed by atoms with Gasteiger partial charge in [0, 0.05) is 18.1 Å². The number of hydrogen-bond acceptors (Lipinski definition) is 3. The van der Waals surface area contributed by atoms with Gasteiger partial charge in [0.2, 0.25) is 10.0 Å². The summed E-state index contributed by atoms with van der Waals surface area (Å²) in [6.07, 6.45) is 0. The third-order valence-electron chi connectivity index (χ3n) is 3.23. The third kappa shape index (κ3) is 3.83. The third-order valence-corrected chi connectivity index (χ3v) is 5.01. The zero-order chi connectivity index (χ0) is 15.5. The van der Waals surface area contributed by atoms with E-state index in [1.807, 2.05) is 24.3 Å². The summed E-state index contributed by atoms with van der Waals surface area (Å²) in [6.45, 7) is 2.30. The fourth-order valence-corrected chi connectivity index (χ4v) is 3.55. The number of nitrogens with one attached hydrogen (secondary N) is 1. The van der Waals surface area contributed by atoms with Gasteiger partial charge in [-0.3, -0.25) is 0 Å². The lowest BCUT2D eigenvalue weighted by Crippen LogP contribution is -2.24. The summed E-state index contributed by atoms with van der Waals surface area (Å²) in [6, 6.07) is 12.3. The summed E-state index contributed by atoms with van der Waals surface area (Å²) < 4.78 is 27.3. The Balaban J connectivity index is 2.24. The largest absolute Gasteiger partial charge is 0.326 e. The van der Waals surface area contributed by atoms with Crippen molar-refractivity contribution in [1.29, 1.82) is 0 Å². The maximum atomic E-state index is 12.4. The van der Waals surface area contributed by atoms with Gasteiger partial charge in [-0.25, -0.2) is 13.1 Å². The molecule has 2 aromatic carbocycles. The Labute approximate surface area is 130 Å². The molecule has 0 saturated carbocycles. The van der Waals surface area contributed by atoms with Gasteiger partial charge in [-0.15, -0.1) is 0 Å². The van der Waals surface area contributed by atoms with E-state index >= 15 is 0 Å². The Morgan fingerprint density at radius 1 is 1.14 bits per heavy atom. The second kappa shape index (κ2) is 6.58. The molecule has 2 aromatic rings. The molecule has 0 aliphatic rings. The second-order valence-corrected chi connectivity index (χ2v) is 6.88. The van der Waals surface area contributed by atoms with Crippen LogP contribution in [-0.4, -0.2) is 8.42 Å². The Morgan fingerprint density at radius 2 is 1.81 bits per heavy atom. The number of benzene rings is 2. The fourth-order valence-electron chi connectivity index (χ4n) is 2.04. The van der Waals surface area contributed by atoms with Gasteiger partial charge < -0.3 is 5.73 Å². The van der Waals surface area contributed by atoms with Crippen molar-refractivity contribution in [1.82, 2.24) is 4.72 Å². The lowest BCUT2D eigenvalue weighted by molar-refractivity contribution is 0.580. The van der Waals surface area contributed by atoms with Gasteiger partial charge in [0.25, 0.3) is 0 Å². The highest BCUT2D eigenvalue weighted by Gasteiger charge is 2.17. The molecule has 0 aliphatic carbocycles. The van der Waals surface area contributed by atoms with Crippen LogP contribution in [0.1, 0.15) is 16.7 Å². The molecule has 0 unspecified atom stereocenters. The quantitative estimate of drug-likeness (QED) is 0.888. The van der Waals surface area contributed by atoms with Crippen LogP contribution < -0.4 is 10.5 Å². The van der Waals surface area contributed by atoms with E-state index in [1.165, 1.54) is 6.07 Å². The molecule has 2 rings (SSSR count). The van der Waals surface area contributed by atoms with Crippen LogP contribution in [0.15, 0.2) is 47.4 Å². The summed E-state index contributed by atoms with van der Waals surface area (Å²) in [4.78, 5) is 0.195. The average Bonchev–Trinajstić information content (AvgIpc) is 2.48. The van der Waals surface area contributed by atoms with Gasteiger partial charge in [-0.1, -0.05) is 41.9 Å². The van der Waals surface area contributed by atoms with Gasteiger partial charge in [0.05, 0.1) is 4.90 Å². The van der Waals surface area contributed by atoms with Gasteiger partial charge >= 0.3 is 0 Å². The van der Waals surface area contributed by atoms with Crippen LogP contribution in [0.25, 0.3) is 0 Å². The molecule has 21 heavy (non-hydrogen) atoms. The van der Waals surface area contributed by atoms with Crippen molar-refractivity contribution in [2.45, 2.75) is 24.9 Å². The minimum Gasteiger partial charge on any atom is -0.326 e. The molecule has 0 aliphatic heterocycles. The maximum absolute atomic E-state index is 12.4. The first-order valence-corrected chi connectivity index (χ1v) is 8.33. The van der Waals surface area contributed by atoms with Crippen molar-refractivity contribution in [2.24, 2.45) is 5.73 Å². The Morgan fingerprint density at radius 3 is 2.48 bits per heavy atom. The Bertz CT molecular complexity index is 745. The van der Waals surface area contributed by atoms with E-state index in [2.05, 4.69) is 4.72 Å². The molecule has 112 valence electrons. The first-order valence-electron chi connectivity index (χ1n) is 6.46. The zero-order valence-electron chi connectivity index (χ0n) is 11.6. The van der Waals surface area contributed by atoms with Crippen LogP contribution in [-0.2, 0) is 23.1 Å². The highest BCUT2D eigenvalue weighted by atomic mass is 35.5. The molecule has 0 amide bonds. The second-order valence-electron chi connectivity index (χ2n) is 4.71. The van der Waals surface area contributed by atoms with Gasteiger partial charge in [0.1, 0.15) is 0 Å². The van der Waals surface area contributed by atoms with Crippen LogP contribution >= 0.6 is 11.6 Å². The first-order chi connectivity index (χ1) is 9.94. The summed E-state index contributed by atoms with van der Waals surface area (Å²) in [5.41, 5.74) is 8.09. The summed E-state index contributed by atoms with van der Waals surface area (Å²) in [5.74, 6) is 0. The van der Waals surface area contributed by atoms with Crippen molar-refractivity contribution >= 4 is 21.6 Å². The van der Waals surface area contributed by atoms with Crippen LogP contribution in [0.5, 0.6) is 0 Å². The number of rotatable bonds is 5. The molecule has 0 radical (unpaired) electrons. The van der Waals surface area contributed by atoms with Crippen LogP contribution in [0.3, 0.4) is 0 Å². The standard InChI is InChI=1S/C15H17ClN2O2S/c1-11-6-7-14(16)8-15(11)21(19,20)18-10-13-5-3-2-4-12(13)9-17/h2-8,18H,9-10,17H2,1H3. The molecule has 0 aromatic heterocycles. The van der Waals surface area contributed by atoms with Gasteiger partial charge in [-0.05, 0) is 35.7 Å². The number of aryl methyl sites for hydroxylation is 1. The Hall–Kier alpha value is -1.40. The zero-order valence-corrected chi connectivity index (χ0v) is 13.2. The lowest BCUT2D eigenvalue weighted by atomic mass is 10.1. The van der Waals surface area contributed by atoms with Crippen LogP contribution in [0.2, 0.25) is 5.02 Å². The molecule has 0 spiro atoms. The lowest BCUT2D eigenvalue weighted by Gasteiger charge is -2.11. The molecule has 0 saturated heterocycles. The molecule has 3 N–H and O–H groups in total.